The minimum Gasteiger partial charge on any atom is -0.445 e. The standard InChI is InChI=1S/C13H18BF4N2O3S.K/c1-9-11(8-20-5-3-19-4-6-20)7-12(23-24(18,21)22)10(2)13(9)14(15,16)17;/h7,19H,3-6,8H2,1-2H3;/q-1;+1. The summed E-state index contributed by atoms with van der Waals surface area (Å²) >= 11 is 0. The van der Waals surface area contributed by atoms with Crippen molar-refractivity contribution in [2.45, 2.75) is 20.4 Å². The normalized spacial score (nSPS) is 16.4. The van der Waals surface area contributed by atoms with Crippen molar-refractivity contribution in [3.63, 3.8) is 0 Å². The van der Waals surface area contributed by atoms with Crippen molar-refractivity contribution in [1.29, 1.82) is 0 Å². The zero-order chi connectivity index (χ0) is 18.1. The van der Waals surface area contributed by atoms with Gasteiger partial charge in [0, 0.05) is 32.7 Å². The quantitative estimate of drug-likeness (QED) is 0.360. The Morgan fingerprint density at radius 2 is 1.76 bits per heavy atom. The van der Waals surface area contributed by atoms with E-state index in [2.05, 4.69) is 9.50 Å². The topological polar surface area (TPSA) is 58.6 Å². The van der Waals surface area contributed by atoms with Crippen LogP contribution in [0.25, 0.3) is 0 Å². The number of halogens is 4. The molecule has 0 bridgehead atoms. The van der Waals surface area contributed by atoms with Gasteiger partial charge < -0.3 is 22.4 Å². The molecule has 5 nitrogen and oxygen atoms in total. The number of hydrogen-bond acceptors (Lipinski definition) is 5. The molecule has 1 aliphatic rings. The van der Waals surface area contributed by atoms with Crippen molar-refractivity contribution in [1.82, 2.24) is 10.2 Å². The average Bonchev–Trinajstić information content (AvgIpc) is 2.42. The van der Waals surface area contributed by atoms with Crippen LogP contribution in [0.3, 0.4) is 0 Å². The SMILES string of the molecule is Cc1c(CN2CCNCC2)cc(OS(=O)(=O)F)c(C)c1[B-](F)(F)F.[K+]. The zero-order valence-corrected chi connectivity index (χ0v) is 18.2. The first-order valence-electron chi connectivity index (χ1n) is 7.39. The zero-order valence-electron chi connectivity index (χ0n) is 14.3. The van der Waals surface area contributed by atoms with Crippen LogP contribution in [0.2, 0.25) is 0 Å². The van der Waals surface area contributed by atoms with Crippen LogP contribution in [0.4, 0.5) is 16.8 Å². The molecule has 2 rings (SSSR count). The van der Waals surface area contributed by atoms with Crippen molar-refractivity contribution in [2.24, 2.45) is 0 Å². The predicted octanol–water partition coefficient (Wildman–Crippen LogP) is -1.64. The first kappa shape index (κ1) is 23.4. The van der Waals surface area contributed by atoms with Gasteiger partial charge in [0.25, 0.3) is 0 Å². The van der Waals surface area contributed by atoms with Crippen molar-refractivity contribution >= 4 is 22.9 Å². The van der Waals surface area contributed by atoms with Gasteiger partial charge in [0.2, 0.25) is 0 Å². The molecule has 0 amide bonds. The molecule has 136 valence electrons. The Balaban J connectivity index is 0.00000312. The predicted molar refractivity (Wildman–Crippen MR) is 83.4 cm³/mol. The molecule has 0 spiro atoms. The molecular weight excluding hydrogens is 390 g/mol. The van der Waals surface area contributed by atoms with Crippen LogP contribution in [-0.4, -0.2) is 46.5 Å². The van der Waals surface area contributed by atoms with Gasteiger partial charge in [0.1, 0.15) is 5.75 Å². The minimum absolute atomic E-state index is 0. The molecular formula is C13H18BF4KN2O3S. The number of nitrogens with zero attached hydrogens (tertiary/aromatic N) is 1. The maximum atomic E-state index is 13.4. The van der Waals surface area contributed by atoms with E-state index in [0.717, 1.165) is 6.92 Å². The summed E-state index contributed by atoms with van der Waals surface area (Å²) in [5.41, 5.74) is -1.07. The van der Waals surface area contributed by atoms with E-state index in [1.807, 2.05) is 4.90 Å². The van der Waals surface area contributed by atoms with Crippen molar-refractivity contribution in [3.05, 3.63) is 22.8 Å². The van der Waals surface area contributed by atoms with Gasteiger partial charge in [0.15, 0.2) is 0 Å². The van der Waals surface area contributed by atoms with E-state index in [1.54, 1.807) is 0 Å². The third-order valence-electron chi connectivity index (χ3n) is 4.08. The second kappa shape index (κ2) is 9.00. The number of hydrogen-bond donors (Lipinski definition) is 1. The average molecular weight is 408 g/mol. The molecule has 0 radical (unpaired) electrons. The first-order chi connectivity index (χ1) is 11.0. The van der Waals surface area contributed by atoms with Gasteiger partial charge in [-0.2, -0.15) is 8.42 Å². The molecule has 1 aromatic rings. The maximum Gasteiger partial charge on any atom is 1.00 e. The van der Waals surface area contributed by atoms with Crippen LogP contribution in [-0.2, 0) is 17.0 Å². The molecule has 1 heterocycles. The molecule has 1 N–H and O–H groups in total. The van der Waals surface area contributed by atoms with E-state index in [-0.39, 0.29) is 69.1 Å². The Labute approximate surface area is 187 Å². The number of benzene rings is 1. The van der Waals surface area contributed by atoms with Crippen molar-refractivity contribution < 1.29 is 80.8 Å². The molecule has 1 aromatic carbocycles. The third-order valence-corrected chi connectivity index (χ3v) is 4.46. The summed E-state index contributed by atoms with van der Waals surface area (Å²) in [6, 6.07) is 1.18. The van der Waals surface area contributed by atoms with Gasteiger partial charge >= 0.3 is 68.9 Å². The molecule has 12 heteroatoms. The van der Waals surface area contributed by atoms with Crippen LogP contribution in [0, 0.1) is 13.8 Å². The Morgan fingerprint density at radius 1 is 1.20 bits per heavy atom. The van der Waals surface area contributed by atoms with E-state index in [1.165, 1.54) is 13.0 Å². The Bertz CT molecular complexity index is 725. The first-order valence-corrected chi connectivity index (χ1v) is 8.70. The largest absolute Gasteiger partial charge is 1.00 e. The summed E-state index contributed by atoms with van der Waals surface area (Å²) < 4.78 is 78.7. The Kier molecular flexibility index (Phi) is 8.41. The van der Waals surface area contributed by atoms with Gasteiger partial charge in [-0.25, -0.2) is 0 Å². The maximum absolute atomic E-state index is 13.4. The molecule has 0 aromatic heterocycles. The van der Waals surface area contributed by atoms with E-state index in [9.17, 15) is 25.3 Å². The van der Waals surface area contributed by atoms with Crippen LogP contribution < -0.4 is 66.3 Å². The fraction of sp³-hybridized carbons (Fsp3) is 0.538. The van der Waals surface area contributed by atoms with Gasteiger partial charge in [-0.15, -0.1) is 0 Å². The van der Waals surface area contributed by atoms with Crippen LogP contribution in [0.5, 0.6) is 5.75 Å². The van der Waals surface area contributed by atoms with E-state index in [0.29, 0.717) is 26.2 Å². The molecule has 25 heavy (non-hydrogen) atoms. The van der Waals surface area contributed by atoms with Gasteiger partial charge in [-0.05, 0) is 31.0 Å². The molecule has 1 aliphatic heterocycles. The van der Waals surface area contributed by atoms with Crippen LogP contribution in [0.1, 0.15) is 16.7 Å². The fourth-order valence-corrected chi connectivity index (χ4v) is 3.31. The van der Waals surface area contributed by atoms with Crippen molar-refractivity contribution in [3.8, 4) is 5.75 Å². The second-order valence-electron chi connectivity index (χ2n) is 5.77. The van der Waals surface area contributed by atoms with Gasteiger partial charge in [0.05, 0.1) is 0 Å². The Morgan fingerprint density at radius 3 is 2.24 bits per heavy atom. The number of piperazine rings is 1. The summed E-state index contributed by atoms with van der Waals surface area (Å²) in [5.74, 6) is -0.623. The third kappa shape index (κ3) is 6.45. The summed E-state index contributed by atoms with van der Waals surface area (Å²) in [6.07, 6.45) is 0. The van der Waals surface area contributed by atoms with E-state index < -0.39 is 34.3 Å². The molecule has 0 unspecified atom stereocenters. The molecule has 0 saturated carbocycles. The summed E-state index contributed by atoms with van der Waals surface area (Å²) in [6.45, 7) is -0.0613. The van der Waals surface area contributed by atoms with Crippen molar-refractivity contribution in [2.75, 3.05) is 26.2 Å². The van der Waals surface area contributed by atoms with Gasteiger partial charge in [-0.1, -0.05) is 14.9 Å². The van der Waals surface area contributed by atoms with E-state index >= 15 is 0 Å². The molecule has 0 aliphatic carbocycles. The minimum atomic E-state index is -5.41. The molecule has 0 atom stereocenters. The summed E-state index contributed by atoms with van der Waals surface area (Å²) in [4.78, 5) is 1.94. The second-order valence-corrected chi connectivity index (χ2v) is 6.73. The fourth-order valence-electron chi connectivity index (χ4n) is 2.92. The number of rotatable bonds is 5. The molecule has 1 fully saturated rings. The monoisotopic (exact) mass is 408 g/mol. The number of nitrogens with one attached hydrogen (secondary N) is 1. The molecule has 1 saturated heterocycles. The smallest absolute Gasteiger partial charge is 0.445 e. The van der Waals surface area contributed by atoms with Crippen LogP contribution in [0.15, 0.2) is 6.07 Å². The summed E-state index contributed by atoms with van der Waals surface area (Å²) in [5, 5.41) is 3.13. The van der Waals surface area contributed by atoms with Gasteiger partial charge in [-0.3, -0.25) is 4.90 Å². The Hall–Kier alpha value is 0.311. The summed E-state index contributed by atoms with van der Waals surface area (Å²) in [7, 11) is -5.41. The van der Waals surface area contributed by atoms with E-state index in [4.69, 9.17) is 0 Å². The van der Waals surface area contributed by atoms with Crippen LogP contribution >= 0.6 is 0 Å².